The Morgan fingerprint density at radius 2 is 2.00 bits per heavy atom. The van der Waals surface area contributed by atoms with Gasteiger partial charge in [-0.15, -0.1) is 0 Å². The van der Waals surface area contributed by atoms with Gasteiger partial charge in [-0.05, 0) is 49.9 Å². The minimum absolute atomic E-state index is 0.340. The van der Waals surface area contributed by atoms with Crippen LogP contribution in [0.2, 0.25) is 0 Å². The smallest absolute Gasteiger partial charge is 0.115 e. The standard InChI is InChI=1S/C16H25NO2/c1-2-12-19-16-4-3-10-17(11-9-16)13-14-5-7-15(18)8-6-14/h5-8,16,18H,2-4,9-13H2,1H3/t16-/m1/s1. The van der Waals surface area contributed by atoms with Crippen LogP contribution < -0.4 is 0 Å². The summed E-state index contributed by atoms with van der Waals surface area (Å²) < 4.78 is 5.87. The lowest BCUT2D eigenvalue weighted by Crippen LogP contribution is -2.25. The lowest BCUT2D eigenvalue weighted by Gasteiger charge is -2.20. The summed E-state index contributed by atoms with van der Waals surface area (Å²) >= 11 is 0. The lowest BCUT2D eigenvalue weighted by atomic mass is 10.1. The molecule has 1 heterocycles. The average Bonchev–Trinajstić information content (AvgIpc) is 2.64. The van der Waals surface area contributed by atoms with Crippen molar-refractivity contribution in [3.8, 4) is 5.75 Å². The highest BCUT2D eigenvalue weighted by Crippen LogP contribution is 2.17. The van der Waals surface area contributed by atoms with Gasteiger partial charge >= 0.3 is 0 Å². The zero-order chi connectivity index (χ0) is 13.5. The Labute approximate surface area is 116 Å². The molecule has 1 aliphatic rings. The number of nitrogens with zero attached hydrogens (tertiary/aromatic N) is 1. The van der Waals surface area contributed by atoms with E-state index in [4.69, 9.17) is 4.74 Å². The molecule has 19 heavy (non-hydrogen) atoms. The molecule has 0 aliphatic carbocycles. The number of benzene rings is 1. The fraction of sp³-hybridized carbons (Fsp3) is 0.625. The molecule has 0 spiro atoms. The third kappa shape index (κ3) is 4.84. The molecule has 1 aromatic carbocycles. The summed E-state index contributed by atoms with van der Waals surface area (Å²) in [6.07, 6.45) is 5.09. The van der Waals surface area contributed by atoms with Crippen molar-refractivity contribution in [1.82, 2.24) is 4.90 Å². The van der Waals surface area contributed by atoms with Crippen LogP contribution in [0.4, 0.5) is 0 Å². The summed E-state index contributed by atoms with van der Waals surface area (Å²) in [5.41, 5.74) is 1.27. The normalized spacial score (nSPS) is 21.2. The highest BCUT2D eigenvalue weighted by Gasteiger charge is 2.17. The molecule has 106 valence electrons. The van der Waals surface area contributed by atoms with Crippen molar-refractivity contribution in [2.24, 2.45) is 0 Å². The van der Waals surface area contributed by atoms with E-state index >= 15 is 0 Å². The van der Waals surface area contributed by atoms with Crippen LogP contribution in [-0.2, 0) is 11.3 Å². The molecule has 0 radical (unpaired) electrons. The number of phenolic OH excluding ortho intramolecular Hbond substituents is 1. The maximum absolute atomic E-state index is 9.29. The maximum atomic E-state index is 9.29. The van der Waals surface area contributed by atoms with Gasteiger partial charge in [-0.2, -0.15) is 0 Å². The summed E-state index contributed by atoms with van der Waals surface area (Å²) in [5, 5.41) is 9.29. The average molecular weight is 263 g/mol. The van der Waals surface area contributed by atoms with Crippen molar-refractivity contribution < 1.29 is 9.84 Å². The Bertz CT molecular complexity index is 364. The van der Waals surface area contributed by atoms with Gasteiger partial charge in [0.25, 0.3) is 0 Å². The SMILES string of the molecule is CCCO[C@@H]1CCCN(Cc2ccc(O)cc2)CC1. The van der Waals surface area contributed by atoms with Crippen LogP contribution in [0.15, 0.2) is 24.3 Å². The van der Waals surface area contributed by atoms with Gasteiger partial charge in [-0.25, -0.2) is 0 Å². The lowest BCUT2D eigenvalue weighted by molar-refractivity contribution is 0.0437. The number of ether oxygens (including phenoxy) is 1. The van der Waals surface area contributed by atoms with Gasteiger partial charge in [-0.1, -0.05) is 19.1 Å². The van der Waals surface area contributed by atoms with Crippen LogP contribution in [0.1, 0.15) is 38.2 Å². The molecular weight excluding hydrogens is 238 g/mol. The molecule has 0 saturated carbocycles. The summed E-state index contributed by atoms with van der Waals surface area (Å²) in [7, 11) is 0. The van der Waals surface area contributed by atoms with Gasteiger partial charge in [0.05, 0.1) is 6.10 Å². The molecule has 1 fully saturated rings. The molecule has 0 unspecified atom stereocenters. The zero-order valence-corrected chi connectivity index (χ0v) is 11.8. The molecule has 3 nitrogen and oxygen atoms in total. The molecule has 2 rings (SSSR count). The maximum Gasteiger partial charge on any atom is 0.115 e. The number of phenols is 1. The van der Waals surface area contributed by atoms with Crippen LogP contribution >= 0.6 is 0 Å². The minimum Gasteiger partial charge on any atom is -0.508 e. The molecule has 1 aliphatic heterocycles. The summed E-state index contributed by atoms with van der Waals surface area (Å²) in [6, 6.07) is 7.54. The van der Waals surface area contributed by atoms with E-state index in [9.17, 15) is 5.11 Å². The first-order valence-electron chi connectivity index (χ1n) is 7.40. The van der Waals surface area contributed by atoms with E-state index in [1.165, 1.54) is 18.4 Å². The molecule has 3 heteroatoms. The van der Waals surface area contributed by atoms with E-state index in [1.807, 2.05) is 12.1 Å². The van der Waals surface area contributed by atoms with Crippen LogP contribution in [-0.4, -0.2) is 35.8 Å². The number of hydrogen-bond donors (Lipinski definition) is 1. The second-order valence-electron chi connectivity index (χ2n) is 5.37. The molecule has 0 amide bonds. The first kappa shape index (κ1) is 14.4. The largest absolute Gasteiger partial charge is 0.508 e. The van der Waals surface area contributed by atoms with Gasteiger partial charge in [-0.3, -0.25) is 4.90 Å². The van der Waals surface area contributed by atoms with Crippen LogP contribution in [0.5, 0.6) is 5.75 Å². The highest BCUT2D eigenvalue weighted by molar-refractivity contribution is 5.25. The number of hydrogen-bond acceptors (Lipinski definition) is 3. The Hall–Kier alpha value is -1.06. The first-order chi connectivity index (χ1) is 9.28. The predicted octanol–water partition coefficient (Wildman–Crippen LogP) is 3.17. The molecule has 1 saturated heterocycles. The molecule has 1 N–H and O–H groups in total. The van der Waals surface area contributed by atoms with Crippen molar-refractivity contribution in [2.75, 3.05) is 19.7 Å². The van der Waals surface area contributed by atoms with Crippen LogP contribution in [0.3, 0.4) is 0 Å². The van der Waals surface area contributed by atoms with Gasteiger partial charge in [0.15, 0.2) is 0 Å². The second-order valence-corrected chi connectivity index (χ2v) is 5.37. The fourth-order valence-electron chi connectivity index (χ4n) is 2.59. The van der Waals surface area contributed by atoms with Gasteiger partial charge in [0.2, 0.25) is 0 Å². The molecule has 1 atom stereocenters. The number of likely N-dealkylation sites (tertiary alicyclic amines) is 1. The van der Waals surface area contributed by atoms with Gasteiger partial charge < -0.3 is 9.84 Å². The van der Waals surface area contributed by atoms with Crippen molar-refractivity contribution in [2.45, 2.75) is 45.3 Å². The van der Waals surface area contributed by atoms with E-state index in [1.54, 1.807) is 12.1 Å². The Balaban J connectivity index is 1.80. The van der Waals surface area contributed by atoms with Crippen molar-refractivity contribution in [1.29, 1.82) is 0 Å². The zero-order valence-electron chi connectivity index (χ0n) is 11.8. The molecule has 1 aromatic rings. The quantitative estimate of drug-likeness (QED) is 0.885. The van der Waals surface area contributed by atoms with E-state index in [0.29, 0.717) is 11.9 Å². The topological polar surface area (TPSA) is 32.7 Å². The summed E-state index contributed by atoms with van der Waals surface area (Å²) in [6.45, 7) is 6.28. The Morgan fingerprint density at radius 3 is 2.74 bits per heavy atom. The van der Waals surface area contributed by atoms with E-state index < -0.39 is 0 Å². The molecular formula is C16H25NO2. The van der Waals surface area contributed by atoms with Crippen LogP contribution in [0.25, 0.3) is 0 Å². The van der Waals surface area contributed by atoms with Crippen molar-refractivity contribution in [3.63, 3.8) is 0 Å². The van der Waals surface area contributed by atoms with Crippen molar-refractivity contribution >= 4 is 0 Å². The van der Waals surface area contributed by atoms with Gasteiger partial charge in [0.1, 0.15) is 5.75 Å². The minimum atomic E-state index is 0.340. The first-order valence-corrected chi connectivity index (χ1v) is 7.40. The van der Waals surface area contributed by atoms with E-state index in [0.717, 1.165) is 39.1 Å². The van der Waals surface area contributed by atoms with Crippen LogP contribution in [0, 0.1) is 0 Å². The van der Waals surface area contributed by atoms with Crippen molar-refractivity contribution in [3.05, 3.63) is 29.8 Å². The molecule has 0 bridgehead atoms. The third-order valence-corrected chi connectivity index (χ3v) is 3.67. The fourth-order valence-corrected chi connectivity index (χ4v) is 2.59. The number of aromatic hydroxyl groups is 1. The van der Waals surface area contributed by atoms with E-state index in [-0.39, 0.29) is 0 Å². The monoisotopic (exact) mass is 263 g/mol. The van der Waals surface area contributed by atoms with Gasteiger partial charge in [0, 0.05) is 19.7 Å². The predicted molar refractivity (Wildman–Crippen MR) is 77.3 cm³/mol. The third-order valence-electron chi connectivity index (χ3n) is 3.67. The second kappa shape index (κ2) is 7.51. The summed E-state index contributed by atoms with van der Waals surface area (Å²) in [4.78, 5) is 2.49. The highest BCUT2D eigenvalue weighted by atomic mass is 16.5. The Morgan fingerprint density at radius 1 is 1.21 bits per heavy atom. The Kier molecular flexibility index (Phi) is 5.67. The van der Waals surface area contributed by atoms with E-state index in [2.05, 4.69) is 11.8 Å². The number of rotatable bonds is 5. The molecule has 0 aromatic heterocycles. The summed E-state index contributed by atoms with van der Waals surface area (Å²) in [5.74, 6) is 0.340.